The fourth-order valence-corrected chi connectivity index (χ4v) is 3.32. The summed E-state index contributed by atoms with van der Waals surface area (Å²) in [6.45, 7) is 0.907. The molecule has 7 nitrogen and oxygen atoms in total. The third-order valence-corrected chi connectivity index (χ3v) is 4.89. The van der Waals surface area contributed by atoms with Crippen LogP contribution in [-0.2, 0) is 22.7 Å². The van der Waals surface area contributed by atoms with Crippen molar-refractivity contribution in [3.8, 4) is 17.0 Å². The fraction of sp³-hybridized carbons (Fsp3) is 0.227. The first-order valence-electron chi connectivity index (χ1n) is 9.47. The average molecular weight is 390 g/mol. The van der Waals surface area contributed by atoms with E-state index in [1.807, 2.05) is 60.7 Å². The van der Waals surface area contributed by atoms with Gasteiger partial charge in [0.15, 0.2) is 0 Å². The molecule has 7 heteroatoms. The van der Waals surface area contributed by atoms with Crippen LogP contribution in [0.5, 0.6) is 5.75 Å². The van der Waals surface area contributed by atoms with Gasteiger partial charge in [-0.25, -0.2) is 4.68 Å². The zero-order valence-electron chi connectivity index (χ0n) is 16.2. The van der Waals surface area contributed by atoms with Crippen molar-refractivity contribution in [3.63, 3.8) is 0 Å². The molecule has 0 radical (unpaired) electrons. The van der Waals surface area contributed by atoms with E-state index in [0.717, 1.165) is 22.6 Å². The number of benzene rings is 2. The number of nitrogens with zero attached hydrogens (tertiary/aromatic N) is 3. The van der Waals surface area contributed by atoms with E-state index in [1.54, 1.807) is 11.8 Å². The topological polar surface area (TPSA) is 76.5 Å². The molecule has 0 aliphatic carbocycles. The number of aromatic nitrogens is 2. The molecule has 29 heavy (non-hydrogen) atoms. The summed E-state index contributed by atoms with van der Waals surface area (Å²) in [7, 11) is 1.62. The van der Waals surface area contributed by atoms with Gasteiger partial charge in [0.25, 0.3) is 0 Å². The molecule has 0 saturated carbocycles. The Kier molecular flexibility index (Phi) is 5.29. The lowest BCUT2D eigenvalue weighted by Gasteiger charge is -2.26. The molecular formula is C22H22N4O3. The number of aryl methyl sites for hydroxylation is 1. The molecule has 1 aromatic heterocycles. The largest absolute Gasteiger partial charge is 0.497 e. The molecule has 2 amide bonds. The van der Waals surface area contributed by atoms with Crippen molar-refractivity contribution in [1.29, 1.82) is 0 Å². The van der Waals surface area contributed by atoms with Crippen molar-refractivity contribution in [2.24, 2.45) is 0 Å². The molecule has 0 bridgehead atoms. The van der Waals surface area contributed by atoms with E-state index in [4.69, 9.17) is 4.74 Å². The minimum absolute atomic E-state index is 0.0284. The van der Waals surface area contributed by atoms with Gasteiger partial charge in [-0.1, -0.05) is 30.3 Å². The second-order valence-corrected chi connectivity index (χ2v) is 6.83. The van der Waals surface area contributed by atoms with Gasteiger partial charge in [-0.15, -0.1) is 0 Å². The number of carbonyl (C=O) groups excluding carboxylic acids is 2. The predicted octanol–water partition coefficient (Wildman–Crippen LogP) is 2.61. The van der Waals surface area contributed by atoms with Crippen LogP contribution in [0.2, 0.25) is 0 Å². The van der Waals surface area contributed by atoms with E-state index in [9.17, 15) is 9.59 Å². The van der Waals surface area contributed by atoms with E-state index < -0.39 is 0 Å². The third-order valence-electron chi connectivity index (χ3n) is 4.89. The molecule has 4 rings (SSSR count). The Hall–Kier alpha value is -3.61. The SMILES string of the molecule is COc1ccc(-c2cc3n(n2)CCC(=O)N3CC(=O)NCc2ccccc2)cc1. The molecule has 2 heterocycles. The van der Waals surface area contributed by atoms with Crippen molar-refractivity contribution in [1.82, 2.24) is 15.1 Å². The average Bonchev–Trinajstić information content (AvgIpc) is 3.20. The van der Waals surface area contributed by atoms with Gasteiger partial charge >= 0.3 is 0 Å². The Morgan fingerprint density at radius 1 is 1.14 bits per heavy atom. The summed E-state index contributed by atoms with van der Waals surface area (Å²) in [5.74, 6) is 1.13. The van der Waals surface area contributed by atoms with Gasteiger partial charge in [-0.2, -0.15) is 5.10 Å². The highest BCUT2D eigenvalue weighted by Gasteiger charge is 2.28. The lowest BCUT2D eigenvalue weighted by molar-refractivity contribution is -0.124. The molecule has 148 valence electrons. The van der Waals surface area contributed by atoms with Gasteiger partial charge in [0.05, 0.1) is 19.3 Å². The number of nitrogens with one attached hydrogen (secondary N) is 1. The first-order chi connectivity index (χ1) is 14.1. The number of hydrogen-bond donors (Lipinski definition) is 1. The summed E-state index contributed by atoms with van der Waals surface area (Å²) in [4.78, 5) is 26.4. The van der Waals surface area contributed by atoms with Crippen molar-refractivity contribution in [3.05, 3.63) is 66.2 Å². The molecule has 0 atom stereocenters. The fourth-order valence-electron chi connectivity index (χ4n) is 3.32. The molecular weight excluding hydrogens is 368 g/mol. The number of ether oxygens (including phenoxy) is 1. The molecule has 1 aliphatic rings. The lowest BCUT2D eigenvalue weighted by Crippen LogP contribution is -2.44. The van der Waals surface area contributed by atoms with Crippen LogP contribution in [0, 0.1) is 0 Å². The van der Waals surface area contributed by atoms with E-state index in [0.29, 0.717) is 25.3 Å². The molecule has 0 saturated heterocycles. The van der Waals surface area contributed by atoms with Gasteiger partial charge in [-0.3, -0.25) is 14.5 Å². The Balaban J connectivity index is 1.49. The molecule has 0 fully saturated rings. The zero-order chi connectivity index (χ0) is 20.2. The number of anilines is 1. The maximum atomic E-state index is 12.5. The Bertz CT molecular complexity index is 1010. The van der Waals surface area contributed by atoms with Gasteiger partial charge < -0.3 is 10.1 Å². The first-order valence-corrected chi connectivity index (χ1v) is 9.47. The van der Waals surface area contributed by atoms with Gasteiger partial charge in [-0.05, 0) is 29.8 Å². The highest BCUT2D eigenvalue weighted by molar-refractivity contribution is 5.99. The second kappa shape index (κ2) is 8.18. The van der Waals surface area contributed by atoms with Crippen LogP contribution in [-0.4, -0.2) is 35.2 Å². The van der Waals surface area contributed by atoms with Crippen LogP contribution >= 0.6 is 0 Å². The van der Waals surface area contributed by atoms with Gasteiger partial charge in [0.1, 0.15) is 18.1 Å². The Morgan fingerprint density at radius 3 is 2.62 bits per heavy atom. The number of methoxy groups -OCH3 is 1. The van der Waals surface area contributed by atoms with E-state index in [1.165, 1.54) is 4.90 Å². The molecule has 1 aliphatic heterocycles. The maximum absolute atomic E-state index is 12.5. The van der Waals surface area contributed by atoms with Crippen LogP contribution in [0.15, 0.2) is 60.7 Å². The van der Waals surface area contributed by atoms with Crippen LogP contribution in [0.25, 0.3) is 11.3 Å². The van der Waals surface area contributed by atoms with Crippen molar-refractivity contribution < 1.29 is 14.3 Å². The van der Waals surface area contributed by atoms with Crippen molar-refractivity contribution in [2.45, 2.75) is 19.5 Å². The Labute approximate surface area is 168 Å². The normalized spacial score (nSPS) is 13.1. The number of amides is 2. The van der Waals surface area contributed by atoms with Gasteiger partial charge in [0, 0.05) is 24.6 Å². The summed E-state index contributed by atoms with van der Waals surface area (Å²) in [5, 5.41) is 7.48. The van der Waals surface area contributed by atoms with Crippen molar-refractivity contribution in [2.75, 3.05) is 18.6 Å². The quantitative estimate of drug-likeness (QED) is 0.702. The molecule has 2 aromatic carbocycles. The van der Waals surface area contributed by atoms with Crippen molar-refractivity contribution >= 4 is 17.6 Å². The standard InChI is InChI=1S/C22H22N4O3/c1-29-18-9-7-17(8-10-18)19-13-21-25(22(28)11-12-26(21)24-19)15-20(27)23-14-16-5-3-2-4-6-16/h2-10,13H,11-12,14-15H2,1H3,(H,23,27). The number of rotatable bonds is 6. The predicted molar refractivity (Wildman–Crippen MR) is 109 cm³/mol. The molecule has 0 unspecified atom stereocenters. The van der Waals surface area contributed by atoms with Crippen LogP contribution in [0.3, 0.4) is 0 Å². The van der Waals surface area contributed by atoms with Crippen LogP contribution in [0.4, 0.5) is 5.82 Å². The number of fused-ring (bicyclic) bond motifs is 1. The van der Waals surface area contributed by atoms with Crippen LogP contribution < -0.4 is 15.0 Å². The Morgan fingerprint density at radius 2 is 1.90 bits per heavy atom. The summed E-state index contributed by atoms with van der Waals surface area (Å²) in [5.41, 5.74) is 2.69. The van der Waals surface area contributed by atoms with E-state index in [2.05, 4.69) is 10.4 Å². The number of carbonyl (C=O) groups is 2. The second-order valence-electron chi connectivity index (χ2n) is 6.83. The molecule has 0 spiro atoms. The zero-order valence-corrected chi connectivity index (χ0v) is 16.2. The minimum atomic E-state index is -0.206. The summed E-state index contributed by atoms with van der Waals surface area (Å²) >= 11 is 0. The maximum Gasteiger partial charge on any atom is 0.240 e. The van der Waals surface area contributed by atoms with Crippen LogP contribution in [0.1, 0.15) is 12.0 Å². The van der Waals surface area contributed by atoms with E-state index in [-0.39, 0.29) is 18.4 Å². The summed E-state index contributed by atoms with van der Waals surface area (Å²) in [6.07, 6.45) is 0.322. The molecule has 3 aromatic rings. The minimum Gasteiger partial charge on any atom is -0.497 e. The smallest absolute Gasteiger partial charge is 0.240 e. The van der Waals surface area contributed by atoms with Gasteiger partial charge in [0.2, 0.25) is 11.8 Å². The third kappa shape index (κ3) is 4.13. The summed E-state index contributed by atoms with van der Waals surface area (Å²) in [6, 6.07) is 19.1. The highest BCUT2D eigenvalue weighted by Crippen LogP contribution is 2.28. The first kappa shape index (κ1) is 18.7. The lowest BCUT2D eigenvalue weighted by atomic mass is 10.1. The highest BCUT2D eigenvalue weighted by atomic mass is 16.5. The summed E-state index contributed by atoms with van der Waals surface area (Å²) < 4.78 is 6.98. The molecule has 1 N–H and O–H groups in total. The number of hydrogen-bond acceptors (Lipinski definition) is 4. The monoisotopic (exact) mass is 390 g/mol. The van der Waals surface area contributed by atoms with E-state index >= 15 is 0 Å².